The fourth-order valence-electron chi connectivity index (χ4n) is 14.8. The van der Waals surface area contributed by atoms with Gasteiger partial charge in [-0.05, 0) is 43.4 Å². The molecule has 0 aliphatic heterocycles. The summed E-state index contributed by atoms with van der Waals surface area (Å²) in [5, 5.41) is 10.7. The van der Waals surface area contributed by atoms with Crippen LogP contribution < -0.4 is 0 Å². The number of ether oxygens (including phenoxy) is 4. The summed E-state index contributed by atoms with van der Waals surface area (Å²) in [6.45, 7) is 12.1. The highest BCUT2D eigenvalue weighted by molar-refractivity contribution is 7.47. The Labute approximate surface area is 696 Å². The predicted octanol–water partition coefficient (Wildman–Crippen LogP) is 29.2. The third-order valence-corrected chi connectivity index (χ3v) is 24.0. The Hall–Kier alpha value is -1.94. The highest BCUT2D eigenvalue weighted by Crippen LogP contribution is 2.45. The lowest BCUT2D eigenvalue weighted by atomic mass is 10.0. The molecule has 3 N–H and O–H groups in total. The first kappa shape index (κ1) is 111. The van der Waals surface area contributed by atoms with Gasteiger partial charge in [0.05, 0.1) is 26.4 Å². The van der Waals surface area contributed by atoms with Gasteiger partial charge in [0.25, 0.3) is 0 Å². The molecule has 0 bridgehead atoms. The fraction of sp³-hybridized carbons (Fsp3) is 0.957. The Morgan fingerprint density at radius 3 is 0.602 bits per heavy atom. The molecule has 19 heteroatoms. The molecular formula is C94H184O17P2. The topological polar surface area (TPSA) is 237 Å². The van der Waals surface area contributed by atoms with E-state index < -0.39 is 97.5 Å². The second-order valence-corrected chi connectivity index (χ2v) is 38.1. The predicted molar refractivity (Wildman–Crippen MR) is 469 cm³/mol. The maximum absolute atomic E-state index is 13.2. The maximum atomic E-state index is 13.2. The minimum atomic E-state index is -4.97. The molecule has 0 aromatic heterocycles. The van der Waals surface area contributed by atoms with Gasteiger partial charge in [-0.25, -0.2) is 9.13 Å². The van der Waals surface area contributed by atoms with Crippen molar-refractivity contribution in [1.29, 1.82) is 0 Å². The van der Waals surface area contributed by atoms with Crippen molar-refractivity contribution in [2.45, 2.75) is 523 Å². The van der Waals surface area contributed by atoms with Gasteiger partial charge in [-0.3, -0.25) is 37.3 Å². The zero-order valence-corrected chi connectivity index (χ0v) is 76.7. The Morgan fingerprint density at radius 1 is 0.239 bits per heavy atom. The van der Waals surface area contributed by atoms with Crippen molar-refractivity contribution < 1.29 is 80.2 Å². The smallest absolute Gasteiger partial charge is 0.462 e. The summed E-state index contributed by atoms with van der Waals surface area (Å²) in [6.07, 6.45) is 78.1. The Bertz CT molecular complexity index is 2170. The van der Waals surface area contributed by atoms with Gasteiger partial charge in [0.1, 0.15) is 19.3 Å². The summed E-state index contributed by atoms with van der Waals surface area (Å²) < 4.78 is 69.1. The molecule has 0 aromatic carbocycles. The van der Waals surface area contributed by atoms with Crippen LogP contribution in [-0.2, 0) is 65.4 Å². The van der Waals surface area contributed by atoms with Gasteiger partial charge in [0, 0.05) is 25.7 Å². The summed E-state index contributed by atoms with van der Waals surface area (Å²) >= 11 is 0. The third-order valence-electron chi connectivity index (χ3n) is 22.1. The van der Waals surface area contributed by atoms with Crippen LogP contribution in [0.2, 0.25) is 0 Å². The molecule has 0 rings (SSSR count). The lowest BCUT2D eigenvalue weighted by molar-refractivity contribution is -0.161. The molecule has 0 amide bonds. The number of aliphatic hydroxyl groups excluding tert-OH is 1. The van der Waals surface area contributed by atoms with E-state index in [0.29, 0.717) is 25.7 Å². The van der Waals surface area contributed by atoms with Crippen LogP contribution in [0.5, 0.6) is 0 Å². The third kappa shape index (κ3) is 87.7. The summed E-state index contributed by atoms with van der Waals surface area (Å²) in [6, 6.07) is 0. The zero-order chi connectivity index (χ0) is 82.9. The summed E-state index contributed by atoms with van der Waals surface area (Å²) in [4.78, 5) is 73.5. The van der Waals surface area contributed by atoms with Crippen molar-refractivity contribution in [3.8, 4) is 0 Å². The molecule has 0 spiro atoms. The van der Waals surface area contributed by atoms with Crippen molar-refractivity contribution in [2.75, 3.05) is 39.6 Å². The van der Waals surface area contributed by atoms with Crippen molar-refractivity contribution >= 4 is 39.5 Å². The SMILES string of the molecule is CCCCCCCCCCCCCCCCCCCCCCCCC(=O)O[C@H](COC(=O)CCCCCCCCCCCCCCCCCCCCC(C)C)COP(=O)(O)OC[C@@H](O)COP(=O)(O)OC[C@@H](COC(=O)CCCCCCCCCCC(C)C)OC(=O)CCCCCCCCCCCCCCCCCCC(C)C. The number of rotatable bonds is 92. The van der Waals surface area contributed by atoms with Crippen LogP contribution in [0.1, 0.15) is 504 Å². The lowest BCUT2D eigenvalue weighted by Crippen LogP contribution is -2.30. The highest BCUT2D eigenvalue weighted by atomic mass is 31.2. The molecule has 2 unspecified atom stereocenters. The van der Waals surface area contributed by atoms with Crippen molar-refractivity contribution in [2.24, 2.45) is 17.8 Å². The zero-order valence-electron chi connectivity index (χ0n) is 74.9. The van der Waals surface area contributed by atoms with Crippen molar-refractivity contribution in [3.05, 3.63) is 0 Å². The molecule has 0 radical (unpaired) electrons. The first-order valence-electron chi connectivity index (χ1n) is 48.3. The second kappa shape index (κ2) is 83.7. The number of carbonyl (C=O) groups is 4. The number of hydrogen-bond donors (Lipinski definition) is 3. The number of aliphatic hydroxyl groups is 1. The van der Waals surface area contributed by atoms with Crippen LogP contribution >= 0.6 is 15.6 Å². The van der Waals surface area contributed by atoms with Crippen LogP contribution in [0.25, 0.3) is 0 Å². The standard InChI is InChI=1S/C94H184O17P2/c1-8-9-10-11-12-13-14-15-16-17-18-19-20-21-26-32-37-42-47-56-63-70-77-93(98)110-89(81-104-91(96)75-68-61-54-46-41-36-31-25-23-22-24-29-34-39-44-51-58-65-72-85(2)3)83-108-112(100,101)106-79-88(95)80-107-113(102,103)109-84-90(82-105-92(97)76-69-62-55-50-49-53-60-67-74-87(6)7)111-94(99)78-71-64-57-48-43-38-33-28-27-30-35-40-45-52-59-66-73-86(4)5/h85-90,95H,8-84H2,1-7H3,(H,100,101)(H,102,103)/t88-,89-,90-/m1/s1. The van der Waals surface area contributed by atoms with Crippen LogP contribution in [0.3, 0.4) is 0 Å². The maximum Gasteiger partial charge on any atom is 0.472 e. The van der Waals surface area contributed by atoms with Crippen molar-refractivity contribution in [1.82, 2.24) is 0 Å². The minimum absolute atomic E-state index is 0.108. The Morgan fingerprint density at radius 2 is 0.407 bits per heavy atom. The van der Waals surface area contributed by atoms with Gasteiger partial charge in [0.15, 0.2) is 12.2 Å². The van der Waals surface area contributed by atoms with Crippen LogP contribution in [0, 0.1) is 17.8 Å². The summed E-state index contributed by atoms with van der Waals surface area (Å²) in [5.74, 6) is 0.262. The number of carbonyl (C=O) groups excluding carboxylic acids is 4. The number of esters is 4. The Balaban J connectivity index is 5.23. The molecule has 0 aliphatic rings. The van der Waals surface area contributed by atoms with Gasteiger partial charge in [-0.15, -0.1) is 0 Å². The second-order valence-electron chi connectivity index (χ2n) is 35.2. The molecule has 17 nitrogen and oxygen atoms in total. The van der Waals surface area contributed by atoms with Crippen LogP contribution in [0.15, 0.2) is 0 Å². The molecule has 0 saturated carbocycles. The van der Waals surface area contributed by atoms with Crippen LogP contribution in [-0.4, -0.2) is 96.7 Å². The van der Waals surface area contributed by atoms with E-state index >= 15 is 0 Å². The van der Waals surface area contributed by atoms with Crippen molar-refractivity contribution in [3.63, 3.8) is 0 Å². The average Bonchev–Trinajstić information content (AvgIpc) is 0.896. The number of hydrogen-bond acceptors (Lipinski definition) is 15. The first-order chi connectivity index (χ1) is 54.7. The van der Waals surface area contributed by atoms with E-state index in [1.54, 1.807) is 0 Å². The fourth-order valence-corrected chi connectivity index (χ4v) is 16.4. The molecule has 0 heterocycles. The molecule has 0 saturated heterocycles. The van der Waals surface area contributed by atoms with E-state index in [2.05, 4.69) is 48.5 Å². The van der Waals surface area contributed by atoms with E-state index in [-0.39, 0.29) is 25.7 Å². The number of phosphoric acid groups is 2. The van der Waals surface area contributed by atoms with Gasteiger partial charge in [-0.1, -0.05) is 453 Å². The largest absolute Gasteiger partial charge is 0.472 e. The van der Waals surface area contributed by atoms with E-state index in [4.69, 9.17) is 37.0 Å². The highest BCUT2D eigenvalue weighted by Gasteiger charge is 2.31. The van der Waals surface area contributed by atoms with Gasteiger partial charge < -0.3 is 33.8 Å². The lowest BCUT2D eigenvalue weighted by Gasteiger charge is -2.21. The molecule has 0 fully saturated rings. The molecule has 113 heavy (non-hydrogen) atoms. The van der Waals surface area contributed by atoms with Gasteiger partial charge in [-0.2, -0.15) is 0 Å². The van der Waals surface area contributed by atoms with E-state index in [1.807, 2.05) is 0 Å². The van der Waals surface area contributed by atoms with Gasteiger partial charge in [0.2, 0.25) is 0 Å². The average molecular weight is 1650 g/mol. The Kier molecular flexibility index (Phi) is 82.3. The molecule has 0 aliphatic carbocycles. The van der Waals surface area contributed by atoms with E-state index in [1.165, 1.54) is 315 Å². The summed E-state index contributed by atoms with van der Waals surface area (Å²) in [7, 11) is -9.94. The minimum Gasteiger partial charge on any atom is -0.462 e. The monoisotopic (exact) mass is 1650 g/mol. The normalized spacial score (nSPS) is 13.7. The molecule has 672 valence electrons. The van der Waals surface area contributed by atoms with E-state index in [9.17, 15) is 43.2 Å². The first-order valence-corrected chi connectivity index (χ1v) is 51.3. The van der Waals surface area contributed by atoms with E-state index in [0.717, 1.165) is 108 Å². The molecular weight excluding hydrogens is 1460 g/mol. The number of phosphoric ester groups is 2. The quantitative estimate of drug-likeness (QED) is 0.0222. The summed E-state index contributed by atoms with van der Waals surface area (Å²) in [5.41, 5.74) is 0. The molecule has 5 atom stereocenters. The number of unbranched alkanes of at least 4 members (excludes halogenated alkanes) is 60. The van der Waals surface area contributed by atoms with Gasteiger partial charge >= 0.3 is 39.5 Å². The molecule has 0 aromatic rings. The van der Waals surface area contributed by atoms with Crippen LogP contribution in [0.4, 0.5) is 0 Å².